The third-order valence-electron chi connectivity index (χ3n) is 4.23. The molecule has 1 aliphatic heterocycles. The summed E-state index contributed by atoms with van der Waals surface area (Å²) in [6, 6.07) is 0. The first-order valence-corrected chi connectivity index (χ1v) is 5.98. The van der Waals surface area contributed by atoms with Crippen LogP contribution in [0.5, 0.6) is 0 Å². The van der Waals surface area contributed by atoms with Crippen LogP contribution >= 0.6 is 0 Å². The van der Waals surface area contributed by atoms with Crippen LogP contribution in [-0.4, -0.2) is 25.7 Å². The summed E-state index contributed by atoms with van der Waals surface area (Å²) in [5, 5.41) is 0. The van der Waals surface area contributed by atoms with E-state index in [-0.39, 0.29) is 17.9 Å². The van der Waals surface area contributed by atoms with Crippen molar-refractivity contribution in [1.82, 2.24) is 0 Å². The summed E-state index contributed by atoms with van der Waals surface area (Å²) in [6.45, 7) is 5.36. The van der Waals surface area contributed by atoms with E-state index in [1.807, 2.05) is 0 Å². The Morgan fingerprint density at radius 3 is 2.47 bits per heavy atom. The van der Waals surface area contributed by atoms with E-state index in [1.165, 1.54) is 0 Å². The molecule has 1 heterocycles. The molecule has 15 heavy (non-hydrogen) atoms. The van der Waals surface area contributed by atoms with E-state index >= 15 is 0 Å². The van der Waals surface area contributed by atoms with Gasteiger partial charge in [-0.1, -0.05) is 20.3 Å². The fourth-order valence-corrected chi connectivity index (χ4v) is 2.98. The Morgan fingerprint density at radius 2 is 1.93 bits per heavy atom. The molecule has 1 saturated carbocycles. The Morgan fingerprint density at radius 1 is 1.27 bits per heavy atom. The van der Waals surface area contributed by atoms with Gasteiger partial charge in [0, 0.05) is 12.8 Å². The topological polar surface area (TPSA) is 18.5 Å². The predicted octanol–water partition coefficient (Wildman–Crippen LogP) is 2.92. The summed E-state index contributed by atoms with van der Waals surface area (Å²) in [6.07, 6.45) is 3.60. The van der Waals surface area contributed by atoms with E-state index in [0.29, 0.717) is 19.1 Å². The second-order valence-corrected chi connectivity index (χ2v) is 5.20. The highest BCUT2D eigenvalue weighted by atomic mass is 19.1. The SMILES string of the molecule is CCC1CC2(CCC1(C)CF)OCCO2. The predicted molar refractivity (Wildman–Crippen MR) is 56.3 cm³/mol. The van der Waals surface area contributed by atoms with Crippen LogP contribution in [0.1, 0.15) is 39.5 Å². The molecule has 1 spiro atoms. The van der Waals surface area contributed by atoms with Crippen molar-refractivity contribution in [3.05, 3.63) is 0 Å². The lowest BCUT2D eigenvalue weighted by Gasteiger charge is -2.46. The van der Waals surface area contributed by atoms with Crippen molar-refractivity contribution in [3.8, 4) is 0 Å². The molecule has 2 fully saturated rings. The monoisotopic (exact) mass is 216 g/mol. The smallest absolute Gasteiger partial charge is 0.168 e. The Balaban J connectivity index is 2.09. The number of alkyl halides is 1. The standard InChI is InChI=1S/C12H21FO2/c1-3-10-8-12(14-6-7-15-12)5-4-11(10,2)9-13/h10H,3-9H2,1-2H3. The minimum atomic E-state index is -0.366. The van der Waals surface area contributed by atoms with Crippen LogP contribution < -0.4 is 0 Å². The van der Waals surface area contributed by atoms with Crippen molar-refractivity contribution in [2.45, 2.75) is 45.3 Å². The maximum atomic E-state index is 13.1. The van der Waals surface area contributed by atoms with Crippen molar-refractivity contribution < 1.29 is 13.9 Å². The number of rotatable bonds is 2. The van der Waals surface area contributed by atoms with Crippen LogP contribution in [0.2, 0.25) is 0 Å². The first-order chi connectivity index (χ1) is 7.14. The maximum absolute atomic E-state index is 13.1. The third kappa shape index (κ3) is 1.92. The molecule has 2 atom stereocenters. The van der Waals surface area contributed by atoms with Gasteiger partial charge in [-0.2, -0.15) is 0 Å². The van der Waals surface area contributed by atoms with Crippen LogP contribution in [-0.2, 0) is 9.47 Å². The van der Waals surface area contributed by atoms with Crippen molar-refractivity contribution in [3.63, 3.8) is 0 Å². The molecular weight excluding hydrogens is 195 g/mol. The average Bonchev–Trinajstić information content (AvgIpc) is 2.71. The molecule has 0 amide bonds. The van der Waals surface area contributed by atoms with Crippen LogP contribution in [0.15, 0.2) is 0 Å². The molecule has 0 radical (unpaired) electrons. The Hall–Kier alpha value is -0.150. The fraction of sp³-hybridized carbons (Fsp3) is 1.00. The van der Waals surface area contributed by atoms with Gasteiger partial charge >= 0.3 is 0 Å². The molecule has 88 valence electrons. The minimum absolute atomic E-state index is 0.157. The van der Waals surface area contributed by atoms with Crippen LogP contribution in [0.25, 0.3) is 0 Å². The molecule has 2 aliphatic rings. The van der Waals surface area contributed by atoms with Gasteiger partial charge in [0.25, 0.3) is 0 Å². The Kier molecular flexibility index (Phi) is 3.04. The van der Waals surface area contributed by atoms with E-state index in [9.17, 15) is 4.39 Å². The van der Waals surface area contributed by atoms with Gasteiger partial charge in [-0.15, -0.1) is 0 Å². The molecular formula is C12H21FO2. The largest absolute Gasteiger partial charge is 0.348 e. The first-order valence-electron chi connectivity index (χ1n) is 5.98. The molecule has 1 aliphatic carbocycles. The zero-order valence-corrected chi connectivity index (χ0v) is 9.72. The second kappa shape index (κ2) is 4.02. The summed E-state index contributed by atoms with van der Waals surface area (Å²) < 4.78 is 24.5. The summed E-state index contributed by atoms with van der Waals surface area (Å²) >= 11 is 0. The van der Waals surface area contributed by atoms with Crippen molar-refractivity contribution in [1.29, 1.82) is 0 Å². The van der Waals surface area contributed by atoms with Gasteiger partial charge in [0.05, 0.1) is 19.9 Å². The van der Waals surface area contributed by atoms with Crippen molar-refractivity contribution in [2.75, 3.05) is 19.9 Å². The average molecular weight is 216 g/mol. The molecule has 2 rings (SSSR count). The third-order valence-corrected chi connectivity index (χ3v) is 4.23. The van der Waals surface area contributed by atoms with Gasteiger partial charge in [-0.25, -0.2) is 0 Å². The molecule has 0 aromatic carbocycles. The molecule has 0 aromatic heterocycles. The summed E-state index contributed by atoms with van der Waals surface area (Å²) in [5.74, 6) is 0.0179. The molecule has 0 aromatic rings. The molecule has 3 heteroatoms. The minimum Gasteiger partial charge on any atom is -0.348 e. The van der Waals surface area contributed by atoms with E-state index in [1.54, 1.807) is 0 Å². The van der Waals surface area contributed by atoms with Gasteiger partial charge in [-0.3, -0.25) is 4.39 Å². The molecule has 2 unspecified atom stereocenters. The zero-order valence-electron chi connectivity index (χ0n) is 9.72. The van der Waals surface area contributed by atoms with Gasteiger partial charge in [-0.05, 0) is 17.8 Å². The number of halogens is 1. The van der Waals surface area contributed by atoms with E-state index in [4.69, 9.17) is 9.47 Å². The Bertz CT molecular complexity index is 226. The summed E-state index contributed by atoms with van der Waals surface area (Å²) in [7, 11) is 0. The number of ether oxygens (including phenoxy) is 2. The molecule has 0 bridgehead atoms. The normalized spacial score (nSPS) is 39.8. The van der Waals surface area contributed by atoms with E-state index in [0.717, 1.165) is 25.7 Å². The van der Waals surface area contributed by atoms with Crippen LogP contribution in [0.4, 0.5) is 4.39 Å². The highest BCUT2D eigenvalue weighted by Crippen LogP contribution is 2.49. The lowest BCUT2D eigenvalue weighted by atomic mass is 9.65. The van der Waals surface area contributed by atoms with Crippen molar-refractivity contribution in [2.24, 2.45) is 11.3 Å². The maximum Gasteiger partial charge on any atom is 0.168 e. The van der Waals surface area contributed by atoms with Crippen LogP contribution in [0.3, 0.4) is 0 Å². The first kappa shape index (κ1) is 11.3. The number of hydrogen-bond acceptors (Lipinski definition) is 2. The quantitative estimate of drug-likeness (QED) is 0.706. The van der Waals surface area contributed by atoms with Gasteiger partial charge in [0.1, 0.15) is 0 Å². The molecule has 1 saturated heterocycles. The van der Waals surface area contributed by atoms with E-state index in [2.05, 4.69) is 13.8 Å². The fourth-order valence-electron chi connectivity index (χ4n) is 2.98. The summed E-state index contributed by atoms with van der Waals surface area (Å²) in [5.41, 5.74) is -0.157. The lowest BCUT2D eigenvalue weighted by molar-refractivity contribution is -0.207. The second-order valence-electron chi connectivity index (χ2n) is 5.20. The summed E-state index contributed by atoms with van der Waals surface area (Å²) in [4.78, 5) is 0. The van der Waals surface area contributed by atoms with E-state index < -0.39 is 0 Å². The number of hydrogen-bond donors (Lipinski definition) is 0. The highest BCUT2D eigenvalue weighted by molar-refractivity contribution is 4.93. The lowest BCUT2D eigenvalue weighted by Crippen LogP contribution is -2.45. The molecule has 2 nitrogen and oxygen atoms in total. The van der Waals surface area contributed by atoms with Crippen molar-refractivity contribution >= 4 is 0 Å². The van der Waals surface area contributed by atoms with Gasteiger partial charge in [0.15, 0.2) is 5.79 Å². The van der Waals surface area contributed by atoms with Gasteiger partial charge < -0.3 is 9.47 Å². The molecule has 0 N–H and O–H groups in total. The van der Waals surface area contributed by atoms with Gasteiger partial charge in [0.2, 0.25) is 0 Å². The Labute approximate surface area is 91.1 Å². The zero-order chi connectivity index (χ0) is 10.9. The van der Waals surface area contributed by atoms with Crippen LogP contribution in [0, 0.1) is 11.3 Å². The highest BCUT2D eigenvalue weighted by Gasteiger charge is 2.49.